The summed E-state index contributed by atoms with van der Waals surface area (Å²) in [7, 11) is 0. The fourth-order valence-corrected chi connectivity index (χ4v) is 4.72. The van der Waals surface area contributed by atoms with Crippen molar-refractivity contribution in [2.45, 2.75) is 66.0 Å². The van der Waals surface area contributed by atoms with Crippen molar-refractivity contribution in [3.63, 3.8) is 0 Å². The Hall–Kier alpha value is -3.74. The molecule has 1 aliphatic rings. The van der Waals surface area contributed by atoms with Crippen molar-refractivity contribution in [1.82, 2.24) is 9.55 Å². The van der Waals surface area contributed by atoms with E-state index in [0.717, 1.165) is 58.3 Å². The molecule has 1 atom stereocenters. The summed E-state index contributed by atoms with van der Waals surface area (Å²) in [5.74, 6) is 1.78. The Kier molecular flexibility index (Phi) is 7.11. The Morgan fingerprint density at radius 2 is 2.00 bits per heavy atom. The maximum absolute atomic E-state index is 11.1. The molecule has 36 heavy (non-hydrogen) atoms. The first-order valence-electron chi connectivity index (χ1n) is 12.2. The van der Waals surface area contributed by atoms with Gasteiger partial charge in [-0.2, -0.15) is 0 Å². The number of ether oxygens (including phenoxy) is 2. The van der Waals surface area contributed by atoms with Gasteiger partial charge in [-0.15, -0.1) is 0 Å². The van der Waals surface area contributed by atoms with Crippen LogP contribution in [0.2, 0.25) is 0 Å². The molecular weight excluding hydrogens is 456 g/mol. The van der Waals surface area contributed by atoms with Gasteiger partial charge in [-0.25, -0.2) is 9.78 Å². The van der Waals surface area contributed by atoms with Gasteiger partial charge in [-0.05, 0) is 81.9 Å². The first-order valence-corrected chi connectivity index (χ1v) is 12.2. The zero-order valence-corrected chi connectivity index (χ0v) is 21.6. The molecule has 0 radical (unpaired) electrons. The summed E-state index contributed by atoms with van der Waals surface area (Å²) in [6.07, 6.45) is 8.69. The minimum absolute atomic E-state index is 0.356. The largest absolute Gasteiger partial charge is 0.507 e. The van der Waals surface area contributed by atoms with Crippen molar-refractivity contribution in [1.29, 1.82) is 0 Å². The summed E-state index contributed by atoms with van der Waals surface area (Å²) in [4.78, 5) is 15.4. The third-order valence-electron chi connectivity index (χ3n) is 7.24. The predicted molar refractivity (Wildman–Crippen MR) is 139 cm³/mol. The monoisotopic (exact) mass is 490 g/mol. The van der Waals surface area contributed by atoms with Gasteiger partial charge in [-0.3, -0.25) is 0 Å². The number of aryl methyl sites for hydroxylation is 1. The average Bonchev–Trinajstić information content (AvgIpc) is 3.24. The van der Waals surface area contributed by atoms with Gasteiger partial charge < -0.3 is 24.3 Å². The van der Waals surface area contributed by atoms with Gasteiger partial charge in [-0.1, -0.05) is 12.1 Å². The number of benzene rings is 2. The Morgan fingerprint density at radius 1 is 1.22 bits per heavy atom. The fraction of sp³-hybridized carbons (Fsp3) is 0.379. The lowest BCUT2D eigenvalue weighted by molar-refractivity contribution is -0.131. The van der Waals surface area contributed by atoms with Crippen LogP contribution >= 0.6 is 0 Å². The highest BCUT2D eigenvalue weighted by Gasteiger charge is 2.34. The molecule has 7 heteroatoms. The minimum atomic E-state index is -1.01. The van der Waals surface area contributed by atoms with Crippen molar-refractivity contribution in [2.24, 2.45) is 0 Å². The molecule has 0 amide bonds. The fourth-order valence-electron chi connectivity index (χ4n) is 4.72. The van der Waals surface area contributed by atoms with Crippen LogP contribution in [0.4, 0.5) is 0 Å². The molecule has 0 bridgehead atoms. The molecule has 190 valence electrons. The molecule has 4 rings (SSSR count). The molecule has 0 saturated carbocycles. The number of hydrogen-bond acceptors (Lipinski definition) is 5. The highest BCUT2D eigenvalue weighted by molar-refractivity contribution is 5.85. The number of aliphatic carboxylic acids is 1. The number of imidazole rings is 1. The number of carboxylic acids is 1. The molecule has 2 heterocycles. The van der Waals surface area contributed by atoms with E-state index in [0.29, 0.717) is 36.6 Å². The normalized spacial score (nSPS) is 17.1. The lowest BCUT2D eigenvalue weighted by Crippen LogP contribution is -2.38. The molecule has 0 fully saturated rings. The first kappa shape index (κ1) is 25.4. The molecule has 1 aromatic heterocycles. The Balaban J connectivity index is 1.51. The smallest absolute Gasteiger partial charge is 0.328 e. The van der Waals surface area contributed by atoms with Crippen LogP contribution in [0.1, 0.15) is 59.0 Å². The number of fused-ring (bicyclic) bond motifs is 1. The van der Waals surface area contributed by atoms with Gasteiger partial charge in [0.2, 0.25) is 0 Å². The van der Waals surface area contributed by atoms with E-state index < -0.39 is 11.6 Å². The van der Waals surface area contributed by atoms with Crippen LogP contribution in [-0.4, -0.2) is 37.9 Å². The summed E-state index contributed by atoms with van der Waals surface area (Å²) in [5, 5.41) is 19.5. The summed E-state index contributed by atoms with van der Waals surface area (Å²) >= 11 is 0. The quantitative estimate of drug-likeness (QED) is 0.404. The number of aromatic hydroxyl groups is 1. The molecule has 0 saturated heterocycles. The minimum Gasteiger partial charge on any atom is -0.507 e. The zero-order chi connectivity index (χ0) is 26.0. The van der Waals surface area contributed by atoms with Crippen LogP contribution in [-0.2, 0) is 17.8 Å². The summed E-state index contributed by atoms with van der Waals surface area (Å²) < 4.78 is 14.8. The molecule has 0 aliphatic carbocycles. The van der Waals surface area contributed by atoms with Gasteiger partial charge in [0, 0.05) is 42.6 Å². The zero-order valence-electron chi connectivity index (χ0n) is 21.6. The van der Waals surface area contributed by atoms with Gasteiger partial charge in [0.25, 0.3) is 0 Å². The van der Waals surface area contributed by atoms with Crippen LogP contribution in [0.25, 0.3) is 6.08 Å². The molecule has 1 aliphatic heterocycles. The molecule has 2 N–H and O–H groups in total. The van der Waals surface area contributed by atoms with Crippen molar-refractivity contribution in [3.05, 3.63) is 75.9 Å². The number of aromatic nitrogens is 2. The molecular formula is C29H34N2O5. The highest BCUT2D eigenvalue weighted by atomic mass is 16.5. The van der Waals surface area contributed by atoms with Gasteiger partial charge in [0.1, 0.15) is 28.7 Å². The van der Waals surface area contributed by atoms with Crippen LogP contribution in [0.5, 0.6) is 17.2 Å². The van der Waals surface area contributed by atoms with E-state index in [1.807, 2.05) is 56.7 Å². The molecule has 3 aromatic rings. The van der Waals surface area contributed by atoms with Crippen molar-refractivity contribution >= 4 is 12.0 Å². The number of hydrogen-bond donors (Lipinski definition) is 2. The Labute approximate surface area is 212 Å². The van der Waals surface area contributed by atoms with E-state index in [9.17, 15) is 9.90 Å². The Morgan fingerprint density at radius 3 is 2.69 bits per heavy atom. The lowest BCUT2D eigenvalue weighted by Gasteiger charge is -2.38. The maximum atomic E-state index is 11.1. The third-order valence-corrected chi connectivity index (χ3v) is 7.24. The van der Waals surface area contributed by atoms with Crippen molar-refractivity contribution in [3.8, 4) is 17.2 Å². The van der Waals surface area contributed by atoms with Crippen molar-refractivity contribution in [2.75, 3.05) is 6.61 Å². The van der Waals surface area contributed by atoms with Crippen molar-refractivity contribution < 1.29 is 24.5 Å². The second-order valence-electron chi connectivity index (χ2n) is 9.83. The van der Waals surface area contributed by atoms with Gasteiger partial charge in [0.15, 0.2) is 0 Å². The predicted octanol–water partition coefficient (Wildman–Crippen LogP) is 5.52. The van der Waals surface area contributed by atoms with E-state index in [2.05, 4.69) is 11.9 Å². The van der Waals surface area contributed by atoms with Crippen LogP contribution in [0, 0.1) is 27.7 Å². The second-order valence-corrected chi connectivity index (χ2v) is 9.83. The standard InChI is InChI=1S/C29H34N2O5/c1-18-19(2)28-24(20(3)27(18)34)10-11-29(5,36-28)12-15-35-25-16-22(17-31-14-13-30-21(31)4)6-7-23(25)8-9-26(32)33/h6-9,13-14,16,34H,10-12,15,17H2,1-5H3,(H,32,33)/b9-8+. The molecule has 0 spiro atoms. The van der Waals surface area contributed by atoms with E-state index in [4.69, 9.17) is 14.6 Å². The average molecular weight is 491 g/mol. The Bertz CT molecular complexity index is 1320. The van der Waals surface area contributed by atoms with E-state index in [1.54, 1.807) is 12.3 Å². The third kappa shape index (κ3) is 5.25. The summed E-state index contributed by atoms with van der Waals surface area (Å²) in [6, 6.07) is 5.81. The summed E-state index contributed by atoms with van der Waals surface area (Å²) in [6.45, 7) is 11.0. The van der Waals surface area contributed by atoms with E-state index in [1.165, 1.54) is 0 Å². The van der Waals surface area contributed by atoms with Crippen LogP contribution in [0.3, 0.4) is 0 Å². The lowest BCUT2D eigenvalue weighted by atomic mass is 9.86. The number of carbonyl (C=O) groups is 1. The number of rotatable bonds is 8. The SMILES string of the molecule is Cc1c(C)c2c(c(C)c1O)CCC(C)(CCOc1cc(Cn3ccnc3C)ccc1/C=C/C(=O)O)O2. The van der Waals surface area contributed by atoms with Gasteiger partial charge >= 0.3 is 5.97 Å². The number of nitrogens with zero attached hydrogens (tertiary/aromatic N) is 2. The van der Waals surface area contributed by atoms with Crippen LogP contribution in [0.15, 0.2) is 36.7 Å². The topological polar surface area (TPSA) is 93.8 Å². The van der Waals surface area contributed by atoms with E-state index >= 15 is 0 Å². The first-order chi connectivity index (χ1) is 17.1. The second kappa shape index (κ2) is 10.1. The maximum Gasteiger partial charge on any atom is 0.328 e. The number of phenols is 1. The number of phenolic OH excluding ortho intramolecular Hbond substituents is 1. The van der Waals surface area contributed by atoms with Gasteiger partial charge in [0.05, 0.1) is 6.61 Å². The highest BCUT2D eigenvalue weighted by Crippen LogP contribution is 2.44. The number of carboxylic acid groups (broad SMARTS) is 1. The van der Waals surface area contributed by atoms with E-state index in [-0.39, 0.29) is 0 Å². The molecule has 2 aromatic carbocycles. The molecule has 1 unspecified atom stereocenters. The summed E-state index contributed by atoms with van der Waals surface area (Å²) in [5.41, 5.74) is 5.14. The van der Waals surface area contributed by atoms with Crippen LogP contribution < -0.4 is 9.47 Å². The molecule has 7 nitrogen and oxygen atoms in total.